The van der Waals surface area contributed by atoms with Crippen LogP contribution in [-0.4, -0.2) is 24.3 Å². The molecular weight excluding hydrogens is 200 g/mol. The molecule has 4 heteroatoms. The van der Waals surface area contributed by atoms with E-state index in [9.17, 15) is 9.90 Å². The number of ether oxygens (including phenoxy) is 1. The molecular formula is C10H14O3S. The molecule has 1 N–H and O–H groups in total. The highest BCUT2D eigenvalue weighted by atomic mass is 32.1. The number of methoxy groups -OCH3 is 1. The summed E-state index contributed by atoms with van der Waals surface area (Å²) in [6.07, 6.45) is -1.12. The highest BCUT2D eigenvalue weighted by molar-refractivity contribution is 7.08. The molecule has 0 aliphatic rings. The third-order valence-electron chi connectivity index (χ3n) is 2.37. The van der Waals surface area contributed by atoms with Crippen molar-refractivity contribution >= 4 is 17.3 Å². The molecule has 0 radical (unpaired) electrons. The second-order valence-corrected chi connectivity index (χ2v) is 4.44. The Hall–Kier alpha value is -0.870. The molecule has 14 heavy (non-hydrogen) atoms. The molecule has 0 aromatic carbocycles. The standard InChI is InChI=1S/C10H14O3S/c1-10(2,7-4-5-14-6-7)8(11)9(12)13-3/h4-6,8,11H,1-3H3. The lowest BCUT2D eigenvalue weighted by atomic mass is 9.81. The minimum absolute atomic E-state index is 0.596. The summed E-state index contributed by atoms with van der Waals surface area (Å²) in [5.74, 6) is -0.596. The van der Waals surface area contributed by atoms with Crippen molar-refractivity contribution in [3.63, 3.8) is 0 Å². The molecule has 0 bridgehead atoms. The van der Waals surface area contributed by atoms with Gasteiger partial charge in [0.15, 0.2) is 6.10 Å². The van der Waals surface area contributed by atoms with Gasteiger partial charge in [-0.2, -0.15) is 11.3 Å². The molecule has 1 rings (SSSR count). The minimum Gasteiger partial charge on any atom is -0.467 e. The summed E-state index contributed by atoms with van der Waals surface area (Å²) in [4.78, 5) is 11.2. The number of carbonyl (C=O) groups is 1. The molecule has 0 aliphatic carbocycles. The largest absolute Gasteiger partial charge is 0.467 e. The van der Waals surface area contributed by atoms with Gasteiger partial charge in [0.25, 0.3) is 0 Å². The number of aliphatic hydroxyl groups is 1. The zero-order valence-electron chi connectivity index (χ0n) is 8.48. The smallest absolute Gasteiger partial charge is 0.335 e. The lowest BCUT2D eigenvalue weighted by Gasteiger charge is -2.27. The predicted octanol–water partition coefficient (Wildman–Crippen LogP) is 1.56. The summed E-state index contributed by atoms with van der Waals surface area (Å²) in [6, 6.07) is 1.90. The fraction of sp³-hybridized carbons (Fsp3) is 0.500. The molecule has 0 fully saturated rings. The number of esters is 1. The number of carbonyl (C=O) groups excluding carboxylic acids is 1. The van der Waals surface area contributed by atoms with E-state index in [-0.39, 0.29) is 0 Å². The van der Waals surface area contributed by atoms with E-state index in [1.165, 1.54) is 18.4 Å². The van der Waals surface area contributed by atoms with Crippen molar-refractivity contribution < 1.29 is 14.6 Å². The monoisotopic (exact) mass is 214 g/mol. The second kappa shape index (κ2) is 4.11. The van der Waals surface area contributed by atoms with E-state index in [1.807, 2.05) is 30.7 Å². The van der Waals surface area contributed by atoms with Crippen molar-refractivity contribution in [1.29, 1.82) is 0 Å². The summed E-state index contributed by atoms with van der Waals surface area (Å²) in [5, 5.41) is 13.6. The Morgan fingerprint density at radius 2 is 2.29 bits per heavy atom. The Labute approximate surface area is 87.3 Å². The normalized spacial score (nSPS) is 13.7. The number of hydrogen-bond donors (Lipinski definition) is 1. The number of rotatable bonds is 3. The van der Waals surface area contributed by atoms with Crippen LogP contribution in [0.3, 0.4) is 0 Å². The molecule has 1 aromatic heterocycles. The van der Waals surface area contributed by atoms with Gasteiger partial charge in [-0.3, -0.25) is 0 Å². The van der Waals surface area contributed by atoms with Crippen LogP contribution < -0.4 is 0 Å². The first-order valence-corrected chi connectivity index (χ1v) is 5.23. The minimum atomic E-state index is -1.12. The molecule has 0 aliphatic heterocycles. The first kappa shape index (κ1) is 11.2. The van der Waals surface area contributed by atoms with E-state index in [0.29, 0.717) is 0 Å². The van der Waals surface area contributed by atoms with Gasteiger partial charge in [0.1, 0.15) is 0 Å². The van der Waals surface area contributed by atoms with Gasteiger partial charge < -0.3 is 9.84 Å². The average Bonchev–Trinajstić information content (AvgIpc) is 2.68. The van der Waals surface area contributed by atoms with E-state index in [0.717, 1.165) is 5.56 Å². The Kier molecular flexibility index (Phi) is 3.29. The zero-order chi connectivity index (χ0) is 10.8. The molecule has 1 unspecified atom stereocenters. The lowest BCUT2D eigenvalue weighted by Crippen LogP contribution is -2.40. The Morgan fingerprint density at radius 3 is 2.71 bits per heavy atom. The highest BCUT2D eigenvalue weighted by Gasteiger charge is 2.36. The Morgan fingerprint density at radius 1 is 1.64 bits per heavy atom. The van der Waals surface area contributed by atoms with Crippen molar-refractivity contribution in [2.75, 3.05) is 7.11 Å². The number of thiophene rings is 1. The van der Waals surface area contributed by atoms with Gasteiger partial charge in [-0.1, -0.05) is 13.8 Å². The Bertz CT molecular complexity index is 303. The van der Waals surface area contributed by atoms with Gasteiger partial charge >= 0.3 is 5.97 Å². The van der Waals surface area contributed by atoms with Crippen LogP contribution in [0.5, 0.6) is 0 Å². The van der Waals surface area contributed by atoms with Gasteiger partial charge in [-0.15, -0.1) is 0 Å². The SMILES string of the molecule is COC(=O)C(O)C(C)(C)c1ccsc1. The summed E-state index contributed by atoms with van der Waals surface area (Å²) in [6.45, 7) is 3.63. The molecule has 1 heterocycles. The molecule has 3 nitrogen and oxygen atoms in total. The van der Waals surface area contributed by atoms with Crippen LogP contribution in [0.15, 0.2) is 16.8 Å². The van der Waals surface area contributed by atoms with Crippen molar-refractivity contribution in [1.82, 2.24) is 0 Å². The van der Waals surface area contributed by atoms with Crippen molar-refractivity contribution in [2.45, 2.75) is 25.4 Å². The summed E-state index contributed by atoms with van der Waals surface area (Å²) >= 11 is 1.54. The molecule has 1 aromatic rings. The van der Waals surface area contributed by atoms with Gasteiger partial charge in [-0.25, -0.2) is 4.79 Å². The summed E-state index contributed by atoms with van der Waals surface area (Å²) < 4.78 is 4.51. The van der Waals surface area contributed by atoms with Gasteiger partial charge in [-0.05, 0) is 22.4 Å². The molecule has 78 valence electrons. The van der Waals surface area contributed by atoms with Gasteiger partial charge in [0, 0.05) is 5.41 Å². The number of aliphatic hydroxyl groups excluding tert-OH is 1. The van der Waals surface area contributed by atoms with E-state index in [2.05, 4.69) is 4.74 Å². The molecule has 0 saturated heterocycles. The highest BCUT2D eigenvalue weighted by Crippen LogP contribution is 2.29. The molecule has 1 atom stereocenters. The number of hydrogen-bond acceptors (Lipinski definition) is 4. The second-order valence-electron chi connectivity index (χ2n) is 3.66. The Balaban J connectivity index is 2.90. The lowest BCUT2D eigenvalue weighted by molar-refractivity contribution is -0.153. The van der Waals surface area contributed by atoms with Crippen LogP contribution in [0, 0.1) is 0 Å². The van der Waals surface area contributed by atoms with Crippen LogP contribution in [0.1, 0.15) is 19.4 Å². The third-order valence-corrected chi connectivity index (χ3v) is 3.06. The van der Waals surface area contributed by atoms with Crippen LogP contribution in [0.4, 0.5) is 0 Å². The van der Waals surface area contributed by atoms with E-state index in [1.54, 1.807) is 0 Å². The van der Waals surface area contributed by atoms with E-state index < -0.39 is 17.5 Å². The third kappa shape index (κ3) is 1.96. The first-order valence-electron chi connectivity index (χ1n) is 4.28. The molecule has 0 amide bonds. The molecule has 0 spiro atoms. The van der Waals surface area contributed by atoms with E-state index in [4.69, 9.17) is 0 Å². The van der Waals surface area contributed by atoms with Gasteiger partial charge in [0.05, 0.1) is 7.11 Å². The van der Waals surface area contributed by atoms with Crippen LogP contribution in [-0.2, 0) is 14.9 Å². The van der Waals surface area contributed by atoms with Crippen molar-refractivity contribution in [3.8, 4) is 0 Å². The quantitative estimate of drug-likeness (QED) is 0.777. The fourth-order valence-corrected chi connectivity index (χ4v) is 2.03. The van der Waals surface area contributed by atoms with Crippen molar-refractivity contribution in [2.24, 2.45) is 0 Å². The van der Waals surface area contributed by atoms with Crippen LogP contribution in [0.25, 0.3) is 0 Å². The van der Waals surface area contributed by atoms with Crippen LogP contribution in [0.2, 0.25) is 0 Å². The van der Waals surface area contributed by atoms with Crippen LogP contribution >= 0.6 is 11.3 Å². The maximum Gasteiger partial charge on any atom is 0.335 e. The van der Waals surface area contributed by atoms with Crippen molar-refractivity contribution in [3.05, 3.63) is 22.4 Å². The summed E-state index contributed by atoms with van der Waals surface area (Å²) in [7, 11) is 1.27. The average molecular weight is 214 g/mol. The first-order chi connectivity index (χ1) is 6.50. The fourth-order valence-electron chi connectivity index (χ4n) is 1.20. The summed E-state index contributed by atoms with van der Waals surface area (Å²) in [5.41, 5.74) is 0.341. The molecule has 0 saturated carbocycles. The van der Waals surface area contributed by atoms with Gasteiger partial charge in [0.2, 0.25) is 0 Å². The van der Waals surface area contributed by atoms with E-state index >= 15 is 0 Å². The maximum absolute atomic E-state index is 11.2. The zero-order valence-corrected chi connectivity index (χ0v) is 9.30. The maximum atomic E-state index is 11.2. The predicted molar refractivity (Wildman–Crippen MR) is 55.4 cm³/mol. The topological polar surface area (TPSA) is 46.5 Å².